The Bertz CT molecular complexity index is 432. The van der Waals surface area contributed by atoms with Gasteiger partial charge < -0.3 is 5.32 Å². The second-order valence-corrected chi connectivity index (χ2v) is 5.37. The minimum atomic E-state index is -0.411. The molecule has 2 nitrogen and oxygen atoms in total. The summed E-state index contributed by atoms with van der Waals surface area (Å²) in [6.07, 6.45) is 2.48. The highest BCUT2D eigenvalue weighted by atomic mass is 35.5. The van der Waals surface area contributed by atoms with Crippen molar-refractivity contribution in [3.63, 3.8) is 0 Å². The smallest absolute Gasteiger partial charge is 0.144 e. The average Bonchev–Trinajstić information content (AvgIpc) is 2.33. The summed E-state index contributed by atoms with van der Waals surface area (Å²) >= 11 is 6.21. The Morgan fingerprint density at radius 1 is 1.41 bits per heavy atom. The largest absolute Gasteiger partial charge is 0.317 e. The van der Waals surface area contributed by atoms with Crippen molar-refractivity contribution in [3.05, 3.63) is 34.9 Å². The predicted molar refractivity (Wildman–Crippen MR) is 70.5 cm³/mol. The maximum Gasteiger partial charge on any atom is 0.144 e. The van der Waals surface area contributed by atoms with Gasteiger partial charge in [-0.15, -0.1) is 0 Å². The lowest BCUT2D eigenvalue weighted by Gasteiger charge is -2.36. The highest BCUT2D eigenvalue weighted by Crippen LogP contribution is 2.39. The van der Waals surface area contributed by atoms with Gasteiger partial charge in [0.05, 0.1) is 5.41 Å². The number of ketones is 1. The average molecular weight is 252 g/mol. The van der Waals surface area contributed by atoms with E-state index in [1.807, 2.05) is 38.2 Å². The molecule has 0 bridgehead atoms. The number of carbonyl (C=O) groups excluding carboxylic acids is 1. The molecule has 3 heteroatoms. The molecule has 2 atom stereocenters. The predicted octanol–water partition coefficient (Wildman–Crippen LogP) is 2.94. The molecule has 1 aliphatic rings. The standard InChI is InChI=1S/C14H18ClNO/c1-14(11-5-3-4-6-12(11)15)8-7-10(16-2)9-13(14)17/h3-6,10,16H,7-9H2,1-2H3. The highest BCUT2D eigenvalue weighted by Gasteiger charge is 2.40. The van der Waals surface area contributed by atoms with Crippen LogP contribution < -0.4 is 5.32 Å². The third-order valence-electron chi connectivity index (χ3n) is 3.92. The molecule has 2 rings (SSSR count). The van der Waals surface area contributed by atoms with Crippen molar-refractivity contribution in [2.24, 2.45) is 0 Å². The van der Waals surface area contributed by atoms with Gasteiger partial charge in [0.1, 0.15) is 5.78 Å². The van der Waals surface area contributed by atoms with E-state index < -0.39 is 5.41 Å². The topological polar surface area (TPSA) is 29.1 Å². The molecule has 1 N–H and O–H groups in total. The molecule has 1 saturated carbocycles. The van der Waals surface area contributed by atoms with Crippen LogP contribution >= 0.6 is 11.6 Å². The third-order valence-corrected chi connectivity index (χ3v) is 4.25. The number of nitrogens with one attached hydrogen (secondary N) is 1. The first-order valence-electron chi connectivity index (χ1n) is 6.03. The van der Waals surface area contributed by atoms with E-state index in [0.29, 0.717) is 17.5 Å². The zero-order chi connectivity index (χ0) is 12.5. The van der Waals surface area contributed by atoms with Crippen molar-refractivity contribution in [3.8, 4) is 0 Å². The summed E-state index contributed by atoms with van der Waals surface area (Å²) in [6.45, 7) is 2.02. The van der Waals surface area contributed by atoms with Gasteiger partial charge in [0.2, 0.25) is 0 Å². The van der Waals surface area contributed by atoms with Gasteiger partial charge in [0.15, 0.2) is 0 Å². The molecule has 0 aromatic heterocycles. The molecule has 0 heterocycles. The molecule has 1 aromatic carbocycles. The van der Waals surface area contributed by atoms with E-state index in [4.69, 9.17) is 11.6 Å². The van der Waals surface area contributed by atoms with Crippen LogP contribution in [0.4, 0.5) is 0 Å². The molecule has 0 amide bonds. The van der Waals surface area contributed by atoms with Gasteiger partial charge in [-0.1, -0.05) is 29.8 Å². The Morgan fingerprint density at radius 3 is 2.71 bits per heavy atom. The fraction of sp³-hybridized carbons (Fsp3) is 0.500. The van der Waals surface area contributed by atoms with Crippen LogP contribution in [0.5, 0.6) is 0 Å². The van der Waals surface area contributed by atoms with Crippen molar-refractivity contribution in [1.82, 2.24) is 5.32 Å². The second-order valence-electron chi connectivity index (χ2n) is 4.96. The summed E-state index contributed by atoms with van der Waals surface area (Å²) in [6, 6.07) is 8.00. The van der Waals surface area contributed by atoms with Crippen LogP contribution in [-0.2, 0) is 10.2 Å². The summed E-state index contributed by atoms with van der Waals surface area (Å²) in [5.41, 5.74) is 0.562. The lowest BCUT2D eigenvalue weighted by Crippen LogP contribution is -2.44. The number of hydrogen-bond acceptors (Lipinski definition) is 2. The first-order valence-corrected chi connectivity index (χ1v) is 6.41. The Hall–Kier alpha value is -0.860. The number of benzene rings is 1. The summed E-state index contributed by atoms with van der Waals surface area (Å²) in [5.74, 6) is 0.288. The van der Waals surface area contributed by atoms with Crippen LogP contribution in [0.1, 0.15) is 31.7 Å². The van der Waals surface area contributed by atoms with Crippen molar-refractivity contribution in [2.45, 2.75) is 37.6 Å². The normalized spacial score (nSPS) is 29.4. The monoisotopic (exact) mass is 251 g/mol. The van der Waals surface area contributed by atoms with E-state index >= 15 is 0 Å². The Labute approximate surface area is 107 Å². The molecule has 1 fully saturated rings. The van der Waals surface area contributed by atoms with Gasteiger partial charge in [-0.05, 0) is 38.4 Å². The molecule has 1 aliphatic carbocycles. The van der Waals surface area contributed by atoms with Crippen LogP contribution in [0.15, 0.2) is 24.3 Å². The molecule has 0 saturated heterocycles. The first kappa shape index (κ1) is 12.6. The fourth-order valence-corrected chi connectivity index (χ4v) is 2.94. The SMILES string of the molecule is CNC1CCC(C)(c2ccccc2Cl)C(=O)C1. The van der Waals surface area contributed by atoms with E-state index in [9.17, 15) is 4.79 Å². The van der Waals surface area contributed by atoms with E-state index in [-0.39, 0.29) is 5.78 Å². The van der Waals surface area contributed by atoms with Gasteiger partial charge in [0.25, 0.3) is 0 Å². The molecule has 2 unspecified atom stereocenters. The van der Waals surface area contributed by atoms with Gasteiger partial charge in [-0.3, -0.25) is 4.79 Å². The highest BCUT2D eigenvalue weighted by molar-refractivity contribution is 6.31. The van der Waals surface area contributed by atoms with E-state index in [2.05, 4.69) is 5.32 Å². The summed E-state index contributed by atoms with van der Waals surface area (Å²) < 4.78 is 0. The van der Waals surface area contributed by atoms with Gasteiger partial charge in [-0.25, -0.2) is 0 Å². The molecule has 0 aliphatic heterocycles. The third kappa shape index (κ3) is 2.24. The van der Waals surface area contributed by atoms with Crippen LogP contribution in [0.3, 0.4) is 0 Å². The number of halogens is 1. The molecular formula is C14H18ClNO. The molecule has 0 spiro atoms. The lowest BCUT2D eigenvalue weighted by molar-refractivity contribution is -0.126. The molecule has 1 aromatic rings. The minimum absolute atomic E-state index is 0.288. The lowest BCUT2D eigenvalue weighted by atomic mass is 9.68. The fourth-order valence-electron chi connectivity index (χ4n) is 2.59. The van der Waals surface area contributed by atoms with Crippen LogP contribution in [-0.4, -0.2) is 18.9 Å². The molecule has 0 radical (unpaired) electrons. The Morgan fingerprint density at radius 2 is 2.12 bits per heavy atom. The van der Waals surface area contributed by atoms with Crippen LogP contribution in [0.25, 0.3) is 0 Å². The number of hydrogen-bond donors (Lipinski definition) is 1. The molecule has 17 heavy (non-hydrogen) atoms. The summed E-state index contributed by atoms with van der Waals surface area (Å²) in [5, 5.41) is 3.88. The number of rotatable bonds is 2. The molecule has 92 valence electrons. The summed E-state index contributed by atoms with van der Waals surface area (Å²) in [4.78, 5) is 12.3. The van der Waals surface area contributed by atoms with Crippen molar-refractivity contribution in [1.29, 1.82) is 0 Å². The van der Waals surface area contributed by atoms with Gasteiger partial charge in [-0.2, -0.15) is 0 Å². The second kappa shape index (κ2) is 4.79. The summed E-state index contributed by atoms with van der Waals surface area (Å²) in [7, 11) is 1.91. The number of Topliss-reactive ketones (excluding diaryl/α,β-unsaturated/α-hetero) is 1. The van der Waals surface area contributed by atoms with Gasteiger partial charge >= 0.3 is 0 Å². The van der Waals surface area contributed by atoms with Crippen molar-refractivity contribution in [2.75, 3.05) is 7.05 Å². The van der Waals surface area contributed by atoms with Crippen LogP contribution in [0.2, 0.25) is 5.02 Å². The molecular weight excluding hydrogens is 234 g/mol. The van der Waals surface area contributed by atoms with E-state index in [1.165, 1.54) is 0 Å². The zero-order valence-corrected chi connectivity index (χ0v) is 11.1. The maximum atomic E-state index is 12.3. The first-order chi connectivity index (χ1) is 8.08. The maximum absolute atomic E-state index is 12.3. The quantitative estimate of drug-likeness (QED) is 0.876. The van der Waals surface area contributed by atoms with E-state index in [1.54, 1.807) is 0 Å². The van der Waals surface area contributed by atoms with E-state index in [0.717, 1.165) is 18.4 Å². The van der Waals surface area contributed by atoms with Gasteiger partial charge in [0, 0.05) is 17.5 Å². The Balaban J connectivity index is 2.32. The number of carbonyl (C=O) groups is 1. The minimum Gasteiger partial charge on any atom is -0.317 e. The van der Waals surface area contributed by atoms with Crippen molar-refractivity contribution >= 4 is 17.4 Å². The van der Waals surface area contributed by atoms with Crippen LogP contribution in [0, 0.1) is 0 Å². The zero-order valence-electron chi connectivity index (χ0n) is 10.3. The Kier molecular flexibility index (Phi) is 3.55. The van der Waals surface area contributed by atoms with Crippen molar-refractivity contribution < 1.29 is 4.79 Å².